The molecule has 1 heterocycles. The number of sulfonamides is 1. The lowest BCUT2D eigenvalue weighted by atomic mass is 9.93. The van der Waals surface area contributed by atoms with E-state index in [9.17, 15) is 26.4 Å². The molecule has 2 N–H and O–H groups in total. The number of carboxylic acids is 1. The third kappa shape index (κ3) is 4.20. The molecule has 2 unspecified atom stereocenters. The van der Waals surface area contributed by atoms with Crippen molar-refractivity contribution in [2.45, 2.75) is 61.7 Å². The smallest absolute Gasteiger partial charge is 0.416 e. The molecular weight excluding hydrogens is 435 g/mol. The topological polar surface area (TPSA) is 93.7 Å². The fourth-order valence-corrected chi connectivity index (χ4v) is 5.84. The summed E-state index contributed by atoms with van der Waals surface area (Å²) in [5.41, 5.74) is 0.737. The van der Waals surface area contributed by atoms with E-state index in [1.54, 1.807) is 0 Å². The summed E-state index contributed by atoms with van der Waals surface area (Å²) in [6, 6.07) is 2.57. The summed E-state index contributed by atoms with van der Waals surface area (Å²) in [5, 5.41) is 13.1. The lowest BCUT2D eigenvalue weighted by molar-refractivity contribution is -0.782. The van der Waals surface area contributed by atoms with Gasteiger partial charge in [0, 0.05) is 12.1 Å². The van der Waals surface area contributed by atoms with Crippen LogP contribution in [-0.4, -0.2) is 36.3 Å². The van der Waals surface area contributed by atoms with E-state index in [1.165, 1.54) is 24.0 Å². The number of carboxylic acid groups (broad SMARTS) is 1. The van der Waals surface area contributed by atoms with Crippen molar-refractivity contribution in [3.8, 4) is 0 Å². The number of benzene rings is 1. The van der Waals surface area contributed by atoms with Crippen molar-refractivity contribution in [2.24, 2.45) is 0 Å². The first-order valence-electron chi connectivity index (χ1n) is 10.1. The van der Waals surface area contributed by atoms with Gasteiger partial charge in [0.2, 0.25) is 0 Å². The molecule has 11 heteroatoms. The van der Waals surface area contributed by atoms with Crippen molar-refractivity contribution in [1.82, 2.24) is 9.78 Å². The molecular formula is C20H23F3N3O4S+. The number of aliphatic carboxylic acids is 1. The Morgan fingerprint density at radius 2 is 1.97 bits per heavy atom. The first-order chi connectivity index (χ1) is 14.5. The molecule has 1 fully saturated rings. The molecule has 0 spiro atoms. The van der Waals surface area contributed by atoms with E-state index in [-0.39, 0.29) is 21.7 Å². The van der Waals surface area contributed by atoms with Crippen LogP contribution in [0.25, 0.3) is 0 Å². The number of hydrogen-bond donors (Lipinski definition) is 2. The molecule has 4 rings (SSSR count). The molecule has 0 bridgehead atoms. The van der Waals surface area contributed by atoms with E-state index in [0.717, 1.165) is 18.9 Å². The minimum atomic E-state index is -4.64. The van der Waals surface area contributed by atoms with Crippen LogP contribution in [0.15, 0.2) is 29.3 Å². The van der Waals surface area contributed by atoms with E-state index in [2.05, 4.69) is 5.10 Å². The minimum absolute atomic E-state index is 0.0351. The fourth-order valence-electron chi connectivity index (χ4n) is 4.27. The van der Waals surface area contributed by atoms with Gasteiger partial charge in [-0.2, -0.15) is 26.7 Å². The van der Waals surface area contributed by atoms with Crippen LogP contribution in [0.5, 0.6) is 0 Å². The van der Waals surface area contributed by atoms with Gasteiger partial charge < -0.3 is 5.11 Å². The molecule has 168 valence electrons. The molecule has 2 aliphatic rings. The molecule has 0 aliphatic heterocycles. The molecule has 1 saturated carbocycles. The highest BCUT2D eigenvalue weighted by molar-refractivity contribution is 7.85. The van der Waals surface area contributed by atoms with Gasteiger partial charge in [0.05, 0.1) is 24.4 Å². The van der Waals surface area contributed by atoms with Crippen molar-refractivity contribution in [1.29, 1.82) is 0 Å². The summed E-state index contributed by atoms with van der Waals surface area (Å²) >= 11 is 0. The standard InChI is InChI=1S/C20H22F3N3O4S/c1-25(17-3-2-4-18-16(17)10-24-26(18)11-19(27)28)31(29,30)15-8-13(12-5-6-12)7-14(9-15)20(21,22)23/h7-10,12,17H,2-6,11H2,1H3,(H,27,28)/p+1. The van der Waals surface area contributed by atoms with Crippen LogP contribution in [0.2, 0.25) is 0 Å². The highest BCUT2D eigenvalue weighted by Gasteiger charge is 2.40. The number of fused-ring (bicyclic) bond motifs is 1. The average Bonchev–Trinajstić information content (AvgIpc) is 3.48. The van der Waals surface area contributed by atoms with Gasteiger partial charge in [-0.15, -0.1) is 0 Å². The summed E-state index contributed by atoms with van der Waals surface area (Å²) in [6.07, 6.45) is 0.0390. The normalized spacial score (nSPS) is 20.3. The third-order valence-corrected chi connectivity index (χ3v) is 8.07. The Bertz CT molecular complexity index is 1120. The number of halogens is 3. The zero-order chi connectivity index (χ0) is 22.6. The quantitative estimate of drug-likeness (QED) is 0.692. The molecule has 1 aromatic carbocycles. The molecule has 0 saturated heterocycles. The summed E-state index contributed by atoms with van der Waals surface area (Å²) in [4.78, 5) is 10.7. The lowest BCUT2D eigenvalue weighted by Gasteiger charge is -2.28. The largest absolute Gasteiger partial charge is 0.480 e. The first-order valence-corrected chi connectivity index (χ1v) is 11.5. The van der Waals surface area contributed by atoms with Crippen LogP contribution < -0.4 is 4.31 Å². The van der Waals surface area contributed by atoms with Gasteiger partial charge in [0.15, 0.2) is 0 Å². The third-order valence-electron chi connectivity index (χ3n) is 6.08. The van der Waals surface area contributed by atoms with Crippen molar-refractivity contribution in [2.75, 3.05) is 7.05 Å². The number of hydrogen-bond acceptors (Lipinski definition) is 4. The van der Waals surface area contributed by atoms with Crippen molar-refractivity contribution < 1.29 is 35.8 Å². The highest BCUT2D eigenvalue weighted by Crippen LogP contribution is 2.43. The van der Waals surface area contributed by atoms with Crippen LogP contribution in [0.4, 0.5) is 13.2 Å². The van der Waals surface area contributed by atoms with Crippen molar-refractivity contribution in [3.63, 3.8) is 0 Å². The summed E-state index contributed by atoms with van der Waals surface area (Å²) < 4.78 is 68.4. The highest BCUT2D eigenvalue weighted by atomic mass is 32.2. The molecule has 0 amide bonds. The Hall–Kier alpha value is -2.40. The van der Waals surface area contributed by atoms with Gasteiger partial charge in [0.1, 0.15) is 17.5 Å². The van der Waals surface area contributed by atoms with Crippen molar-refractivity contribution >= 4 is 16.0 Å². The summed E-state index contributed by atoms with van der Waals surface area (Å²) in [5.74, 6) is -1.09. The molecule has 2 aliphatic carbocycles. The van der Waals surface area contributed by atoms with Crippen LogP contribution in [0.1, 0.15) is 60.0 Å². The molecule has 31 heavy (non-hydrogen) atoms. The number of quaternary nitrogens is 1. The van der Waals surface area contributed by atoms with E-state index in [4.69, 9.17) is 5.11 Å². The minimum Gasteiger partial charge on any atom is -0.480 e. The Balaban J connectivity index is 1.71. The van der Waals surface area contributed by atoms with Gasteiger partial charge in [-0.3, -0.25) is 9.48 Å². The second-order valence-electron chi connectivity index (χ2n) is 8.22. The van der Waals surface area contributed by atoms with Crippen LogP contribution in [0.3, 0.4) is 0 Å². The zero-order valence-electron chi connectivity index (χ0n) is 16.8. The van der Waals surface area contributed by atoms with Gasteiger partial charge in [-0.05, 0) is 55.4 Å². The number of carbonyl (C=O) groups is 1. The SMILES string of the molecule is C[NH+](C1CCCc2c1cnn2CC(=O)O)S(=O)(=O)c1cc(C2CC2)cc(C(F)(F)F)c1. The fraction of sp³-hybridized carbons (Fsp3) is 0.500. The second-order valence-corrected chi connectivity index (χ2v) is 10.3. The maximum atomic E-state index is 13.4. The average molecular weight is 458 g/mol. The number of rotatable bonds is 6. The zero-order valence-corrected chi connectivity index (χ0v) is 17.6. The first kappa shape index (κ1) is 21.8. The molecule has 7 nitrogen and oxygen atoms in total. The van der Waals surface area contributed by atoms with Crippen LogP contribution in [-0.2, 0) is 34.0 Å². The van der Waals surface area contributed by atoms with Gasteiger partial charge in [-0.1, -0.05) is 0 Å². The predicted octanol–water partition coefficient (Wildman–Crippen LogP) is 2.14. The Morgan fingerprint density at radius 1 is 1.26 bits per heavy atom. The molecule has 1 aromatic heterocycles. The monoisotopic (exact) mass is 458 g/mol. The van der Waals surface area contributed by atoms with Crippen molar-refractivity contribution in [3.05, 3.63) is 46.8 Å². The number of aromatic nitrogens is 2. The Morgan fingerprint density at radius 3 is 2.58 bits per heavy atom. The van der Waals surface area contributed by atoms with Crippen LogP contribution in [0, 0.1) is 0 Å². The van der Waals surface area contributed by atoms with Gasteiger partial charge >= 0.3 is 22.2 Å². The predicted molar refractivity (Wildman–Crippen MR) is 103 cm³/mol. The van der Waals surface area contributed by atoms with E-state index in [0.29, 0.717) is 42.1 Å². The lowest BCUT2D eigenvalue weighted by Crippen LogP contribution is -3.11. The van der Waals surface area contributed by atoms with Gasteiger partial charge in [0.25, 0.3) is 0 Å². The molecule has 2 aromatic rings. The number of alkyl halides is 3. The van der Waals surface area contributed by atoms with Gasteiger partial charge in [-0.25, -0.2) is 4.31 Å². The maximum absolute atomic E-state index is 13.4. The summed E-state index contributed by atoms with van der Waals surface area (Å²) in [7, 11) is -2.71. The summed E-state index contributed by atoms with van der Waals surface area (Å²) in [6.45, 7) is -0.327. The number of nitrogens with one attached hydrogen (secondary N) is 1. The van der Waals surface area contributed by atoms with E-state index >= 15 is 0 Å². The maximum Gasteiger partial charge on any atom is 0.416 e. The Labute approximate surface area is 177 Å². The van der Waals surface area contributed by atoms with E-state index in [1.807, 2.05) is 0 Å². The Kier molecular flexibility index (Phi) is 5.37. The number of nitrogens with zero attached hydrogens (tertiary/aromatic N) is 2. The second kappa shape index (κ2) is 7.63. The molecule has 2 atom stereocenters. The van der Waals surface area contributed by atoms with E-state index < -0.39 is 33.8 Å². The van der Waals surface area contributed by atoms with Crippen LogP contribution >= 0.6 is 0 Å². The molecule has 0 radical (unpaired) electrons.